The smallest absolute Gasteiger partial charge is 0.282 e. The number of nitrogens with zero attached hydrogens (tertiary/aromatic N) is 8. The molecule has 6 fully saturated rings. The molecule has 0 spiro atoms. The molecule has 0 atom stereocenters. The molecular weight excluding hydrogens is 897 g/mol. The van der Waals surface area contributed by atoms with Crippen LogP contribution in [0.3, 0.4) is 0 Å². The van der Waals surface area contributed by atoms with E-state index in [1.165, 1.54) is 12.1 Å². The molecule has 2 aliphatic heterocycles. The lowest BCUT2D eigenvalue weighted by Gasteiger charge is -2.44. The molecule has 20 nitrogen and oxygen atoms in total. The minimum atomic E-state index is -5.19. The molecule has 0 bridgehead atoms. The Kier molecular flexibility index (Phi) is 13.9. The lowest BCUT2D eigenvalue weighted by Crippen LogP contribution is -2.66. The van der Waals surface area contributed by atoms with Crippen molar-refractivity contribution >= 4 is 67.3 Å². The average Bonchev–Trinajstić information content (AvgIpc) is 3.30. The molecule has 2 aromatic rings. The summed E-state index contributed by atoms with van der Waals surface area (Å²) in [6.07, 6.45) is 14.7. The summed E-state index contributed by atoms with van der Waals surface area (Å²) < 4.78 is 72.5. The van der Waals surface area contributed by atoms with Gasteiger partial charge in [0.1, 0.15) is 9.79 Å². The van der Waals surface area contributed by atoms with E-state index in [2.05, 4.69) is 20.5 Å². The van der Waals surface area contributed by atoms with E-state index in [0.717, 1.165) is 121 Å². The quantitative estimate of drug-likeness (QED) is 0.125. The maximum Gasteiger partial charge on any atom is 0.334 e. The lowest BCUT2D eigenvalue weighted by molar-refractivity contribution is -0.150. The number of barbiturate groups is 2. The molecule has 2 saturated heterocycles. The van der Waals surface area contributed by atoms with E-state index in [1.807, 2.05) is 0 Å². The summed E-state index contributed by atoms with van der Waals surface area (Å²) in [6, 6.07) is -0.352. The summed E-state index contributed by atoms with van der Waals surface area (Å²) in [7, 11) is -10.4. The first-order valence-electron chi connectivity index (χ1n) is 23.0. The number of benzene rings is 2. The number of urea groups is 2. The van der Waals surface area contributed by atoms with E-state index >= 15 is 0 Å². The molecule has 6 aliphatic rings. The van der Waals surface area contributed by atoms with Crippen LogP contribution in [-0.2, 0) is 39.4 Å². The van der Waals surface area contributed by atoms with Crippen LogP contribution < -0.4 is 0 Å². The number of rotatable bonds is 11. The van der Waals surface area contributed by atoms with Crippen molar-refractivity contribution in [3.63, 3.8) is 0 Å². The van der Waals surface area contributed by atoms with Gasteiger partial charge in [-0.25, -0.2) is 9.59 Å². The van der Waals surface area contributed by atoms with Gasteiger partial charge >= 0.3 is 12.1 Å². The monoisotopic (exact) mass is 950 g/mol. The first kappa shape index (κ1) is 47.2. The SMILES string of the molecule is O=C1C(N=Nc2ccc(-c3ccc(N=NC4C(=O)N(C5CCCCC5)C(=O)N(C5CCCCC5)C4=O)cc3S(=O)(=O)O)c(S(=O)(=O)O)c2)C(=O)N(C2CCCCC2)C(=O)N1C1CCCCC1. The van der Waals surface area contributed by atoms with Gasteiger partial charge in [-0.2, -0.15) is 37.3 Å². The minimum Gasteiger partial charge on any atom is -0.282 e. The number of carbonyl (C=O) groups excluding carboxylic acids is 6. The van der Waals surface area contributed by atoms with Crippen molar-refractivity contribution in [3.05, 3.63) is 36.4 Å². The number of hydrogen-bond acceptors (Lipinski definition) is 14. The van der Waals surface area contributed by atoms with Gasteiger partial charge in [0.25, 0.3) is 43.9 Å². The Morgan fingerprint density at radius 1 is 0.409 bits per heavy atom. The Morgan fingerprint density at radius 3 is 0.909 bits per heavy atom. The summed E-state index contributed by atoms with van der Waals surface area (Å²) >= 11 is 0. The Bertz CT molecular complexity index is 2310. The Labute approximate surface area is 382 Å². The highest BCUT2D eigenvalue weighted by Crippen LogP contribution is 2.39. The van der Waals surface area contributed by atoms with E-state index in [1.54, 1.807) is 0 Å². The highest BCUT2D eigenvalue weighted by Gasteiger charge is 2.52. The van der Waals surface area contributed by atoms with Gasteiger partial charge in [-0.3, -0.25) is 47.9 Å². The molecule has 4 aliphatic carbocycles. The summed E-state index contributed by atoms with van der Waals surface area (Å²) in [4.78, 5) is 85.9. The van der Waals surface area contributed by atoms with Crippen LogP contribution in [0.5, 0.6) is 0 Å². The lowest BCUT2D eigenvalue weighted by atomic mass is 9.91. The highest BCUT2D eigenvalue weighted by molar-refractivity contribution is 7.86. The highest BCUT2D eigenvalue weighted by atomic mass is 32.2. The van der Waals surface area contributed by atoms with Gasteiger partial charge in [0.05, 0.1) is 11.4 Å². The zero-order chi connectivity index (χ0) is 46.9. The number of azo groups is 2. The Morgan fingerprint density at radius 2 is 0.667 bits per heavy atom. The summed E-state index contributed by atoms with van der Waals surface area (Å²) in [5.74, 6) is -3.38. The van der Waals surface area contributed by atoms with Gasteiger partial charge in [-0.15, -0.1) is 0 Å². The number of imide groups is 4. The molecule has 2 aromatic carbocycles. The van der Waals surface area contributed by atoms with Gasteiger partial charge in [0, 0.05) is 35.3 Å². The van der Waals surface area contributed by atoms with Crippen LogP contribution in [0.1, 0.15) is 128 Å². The third-order valence-electron chi connectivity index (χ3n) is 13.8. The van der Waals surface area contributed by atoms with Gasteiger partial charge in [-0.1, -0.05) is 89.2 Å². The third-order valence-corrected chi connectivity index (χ3v) is 15.6. The number of hydrogen-bond donors (Lipinski definition) is 2. The predicted octanol–water partition coefficient (Wildman–Crippen LogP) is 7.66. The van der Waals surface area contributed by atoms with Gasteiger partial charge in [0.15, 0.2) is 0 Å². The van der Waals surface area contributed by atoms with Crippen LogP contribution in [0.2, 0.25) is 0 Å². The minimum absolute atomic E-state index is 0.263. The first-order valence-corrected chi connectivity index (χ1v) is 25.9. The molecule has 354 valence electrons. The van der Waals surface area contributed by atoms with Crippen LogP contribution in [-0.4, -0.2) is 117 Å². The number of amides is 8. The summed E-state index contributed by atoms with van der Waals surface area (Å²) in [5, 5.41) is 16.2. The van der Waals surface area contributed by atoms with Crippen molar-refractivity contribution in [3.8, 4) is 11.1 Å². The molecule has 2 N–H and O–H groups in total. The largest absolute Gasteiger partial charge is 0.334 e. The van der Waals surface area contributed by atoms with Crippen molar-refractivity contribution in [2.45, 2.75) is 174 Å². The van der Waals surface area contributed by atoms with Crippen LogP contribution in [0, 0.1) is 0 Å². The molecule has 8 rings (SSSR count). The van der Waals surface area contributed by atoms with Crippen LogP contribution >= 0.6 is 0 Å². The van der Waals surface area contributed by atoms with E-state index in [0.29, 0.717) is 51.4 Å². The Hall–Kier alpha value is -5.32. The topological polar surface area (TPSA) is 274 Å². The molecule has 0 aromatic heterocycles. The van der Waals surface area contributed by atoms with E-state index < -0.39 is 113 Å². The summed E-state index contributed by atoms with van der Waals surface area (Å²) in [5.41, 5.74) is -1.36. The van der Waals surface area contributed by atoms with Gasteiger partial charge in [0.2, 0.25) is 12.1 Å². The molecule has 4 saturated carbocycles. The average molecular weight is 951 g/mol. The zero-order valence-corrected chi connectivity index (χ0v) is 38.1. The second kappa shape index (κ2) is 19.5. The fourth-order valence-electron chi connectivity index (χ4n) is 10.5. The maximum absolute atomic E-state index is 13.9. The maximum atomic E-state index is 13.9. The van der Waals surface area contributed by atoms with Crippen molar-refractivity contribution in [1.82, 2.24) is 19.6 Å². The van der Waals surface area contributed by atoms with Crippen molar-refractivity contribution < 1.29 is 54.7 Å². The molecule has 22 heteroatoms. The first-order chi connectivity index (χ1) is 31.5. The fourth-order valence-corrected chi connectivity index (χ4v) is 12.0. The standard InChI is InChI=1S/C44H54N8O12S2/c53-39-37(40(54)50(30-15-7-2-8-16-30)43(57)49(39)29-13-5-1-6-14-29)47-45-27-21-23-33(35(25-27)65(59,60)61)34-24-22-28(26-36(34)66(62,63)64)46-48-38-41(55)51(31-17-9-3-10-18-31)44(58)52(42(38)56)32-19-11-4-12-20-32/h21-26,29-32,37-38H,1-20H2,(H,59,60,61)(H,62,63,64). The molecule has 2 heterocycles. The van der Waals surface area contributed by atoms with Crippen LogP contribution in [0.25, 0.3) is 11.1 Å². The van der Waals surface area contributed by atoms with Crippen LogP contribution in [0.4, 0.5) is 21.0 Å². The third kappa shape index (κ3) is 9.59. The van der Waals surface area contributed by atoms with Crippen molar-refractivity contribution in [1.29, 1.82) is 0 Å². The molecule has 0 radical (unpaired) electrons. The molecule has 8 amide bonds. The van der Waals surface area contributed by atoms with E-state index in [4.69, 9.17) is 0 Å². The number of carbonyl (C=O) groups is 6. The second-order valence-corrected chi connectivity index (χ2v) is 20.9. The summed E-state index contributed by atoms with van der Waals surface area (Å²) in [6.45, 7) is 0. The second-order valence-electron chi connectivity index (χ2n) is 18.1. The zero-order valence-electron chi connectivity index (χ0n) is 36.4. The Balaban J connectivity index is 1.10. The molecule has 0 unspecified atom stereocenters. The van der Waals surface area contributed by atoms with E-state index in [9.17, 15) is 54.7 Å². The molecular formula is C44H54N8O12S2. The predicted molar refractivity (Wildman–Crippen MR) is 234 cm³/mol. The van der Waals surface area contributed by atoms with Crippen LogP contribution in [0.15, 0.2) is 66.6 Å². The van der Waals surface area contributed by atoms with E-state index in [-0.39, 0.29) is 11.4 Å². The van der Waals surface area contributed by atoms with Gasteiger partial charge in [-0.05, 0) is 75.6 Å². The molecule has 66 heavy (non-hydrogen) atoms. The van der Waals surface area contributed by atoms with Crippen molar-refractivity contribution in [2.24, 2.45) is 20.5 Å². The normalized spacial score (nSPS) is 22.8. The van der Waals surface area contributed by atoms with Crippen molar-refractivity contribution in [2.75, 3.05) is 0 Å². The fraction of sp³-hybridized carbons (Fsp3) is 0.591. The van der Waals surface area contributed by atoms with Gasteiger partial charge < -0.3 is 0 Å².